The highest BCUT2D eigenvalue weighted by Crippen LogP contribution is 2.29. The minimum atomic E-state index is -0.152. The van der Waals surface area contributed by atoms with Crippen molar-refractivity contribution >= 4 is 10.9 Å². The Kier molecular flexibility index (Phi) is 4.80. The molecule has 1 fully saturated rings. The van der Waals surface area contributed by atoms with Crippen molar-refractivity contribution in [2.24, 2.45) is 0 Å². The van der Waals surface area contributed by atoms with Crippen LogP contribution < -0.4 is 5.56 Å². The molecule has 2 atom stereocenters. The number of rotatable bonds is 4. The number of ether oxygens (including phenoxy) is 1. The molecule has 0 aliphatic carbocycles. The number of para-hydroxylation sites is 1. The van der Waals surface area contributed by atoms with Crippen molar-refractivity contribution in [3.05, 3.63) is 82.9 Å². The topological polar surface area (TPSA) is 79.8 Å². The van der Waals surface area contributed by atoms with Crippen molar-refractivity contribution in [3.63, 3.8) is 0 Å². The molecule has 0 radical (unpaired) electrons. The Bertz CT molecular complexity index is 1430. The highest BCUT2D eigenvalue weighted by molar-refractivity contribution is 5.92. The molecule has 2 aromatic carbocycles. The van der Waals surface area contributed by atoms with E-state index in [0.717, 1.165) is 41.6 Å². The van der Waals surface area contributed by atoms with E-state index in [9.17, 15) is 4.79 Å². The van der Waals surface area contributed by atoms with E-state index in [1.165, 1.54) is 0 Å². The quantitative estimate of drug-likeness (QED) is 0.426. The van der Waals surface area contributed by atoms with Gasteiger partial charge in [-0.3, -0.25) is 9.48 Å². The van der Waals surface area contributed by atoms with Crippen molar-refractivity contribution < 1.29 is 4.74 Å². The molecule has 33 heavy (non-hydrogen) atoms. The summed E-state index contributed by atoms with van der Waals surface area (Å²) in [6.07, 6.45) is 5.43. The van der Waals surface area contributed by atoms with E-state index in [1.807, 2.05) is 64.9 Å². The maximum atomic E-state index is 13.4. The number of hydrogen-bond acceptors (Lipinski definition) is 5. The third kappa shape index (κ3) is 3.43. The van der Waals surface area contributed by atoms with Gasteiger partial charge in [0.05, 0.1) is 29.9 Å². The van der Waals surface area contributed by atoms with Gasteiger partial charge >= 0.3 is 0 Å². The first-order chi connectivity index (χ1) is 16.2. The minimum Gasteiger partial charge on any atom is -0.376 e. The molecule has 3 aliphatic rings. The highest BCUT2D eigenvalue weighted by atomic mass is 16.5. The van der Waals surface area contributed by atoms with E-state index in [0.29, 0.717) is 17.9 Å². The van der Waals surface area contributed by atoms with E-state index in [2.05, 4.69) is 17.2 Å². The fraction of sp³-hybridized carbons (Fsp3) is 0.280. The first-order valence-electron chi connectivity index (χ1n) is 11.3. The molecule has 0 amide bonds. The number of fused-ring (bicyclic) bond motifs is 3. The van der Waals surface area contributed by atoms with Gasteiger partial charge in [-0.25, -0.2) is 9.36 Å². The predicted octanol–water partition coefficient (Wildman–Crippen LogP) is 3.67. The van der Waals surface area contributed by atoms with Crippen molar-refractivity contribution in [1.82, 2.24) is 29.3 Å². The molecule has 2 unspecified atom stereocenters. The molecule has 3 aliphatic heterocycles. The van der Waals surface area contributed by atoms with Gasteiger partial charge in [0.1, 0.15) is 5.69 Å². The van der Waals surface area contributed by atoms with Gasteiger partial charge in [0.25, 0.3) is 5.56 Å². The summed E-state index contributed by atoms with van der Waals surface area (Å²) in [5, 5.41) is 14.7. The van der Waals surface area contributed by atoms with Gasteiger partial charge in [0, 0.05) is 24.4 Å². The van der Waals surface area contributed by atoms with Crippen molar-refractivity contribution in [2.75, 3.05) is 6.61 Å². The molecule has 0 spiro atoms. The van der Waals surface area contributed by atoms with Gasteiger partial charge in [-0.1, -0.05) is 30.3 Å². The number of benzene rings is 2. The summed E-state index contributed by atoms with van der Waals surface area (Å²) in [5.74, 6) is 0. The molecular weight excluding hydrogens is 416 g/mol. The third-order valence-electron chi connectivity index (χ3n) is 6.42. The second kappa shape index (κ2) is 7.97. The molecule has 4 heterocycles. The van der Waals surface area contributed by atoms with Crippen LogP contribution in [0, 0.1) is 0 Å². The Morgan fingerprint density at radius 3 is 2.67 bits per heavy atom. The van der Waals surface area contributed by atoms with Crippen LogP contribution in [0.2, 0.25) is 0 Å². The normalized spacial score (nSPS) is 18.8. The summed E-state index contributed by atoms with van der Waals surface area (Å²) < 4.78 is 11.1. The van der Waals surface area contributed by atoms with E-state index in [1.54, 1.807) is 10.9 Å². The first-order valence-corrected chi connectivity index (χ1v) is 11.3. The first kappa shape index (κ1) is 19.9. The smallest absolute Gasteiger partial charge is 0.297 e. The van der Waals surface area contributed by atoms with Crippen LogP contribution >= 0.6 is 0 Å². The number of hydrogen-bond donors (Lipinski definition) is 0. The lowest BCUT2D eigenvalue weighted by molar-refractivity contribution is -0.0134. The van der Waals surface area contributed by atoms with Gasteiger partial charge < -0.3 is 4.74 Å². The van der Waals surface area contributed by atoms with Gasteiger partial charge in [0.15, 0.2) is 5.69 Å². The Labute approximate surface area is 190 Å². The maximum absolute atomic E-state index is 13.4. The Morgan fingerprint density at radius 1 is 1.03 bits per heavy atom. The lowest BCUT2D eigenvalue weighted by Gasteiger charge is -2.28. The average Bonchev–Trinajstić information content (AvgIpc) is 3.49. The zero-order valence-electron chi connectivity index (χ0n) is 18.3. The molecule has 8 nitrogen and oxygen atoms in total. The van der Waals surface area contributed by atoms with Gasteiger partial charge in [-0.2, -0.15) is 15.3 Å². The number of nitrogens with zero attached hydrogens (tertiary/aromatic N) is 6. The largest absolute Gasteiger partial charge is 0.376 e. The predicted molar refractivity (Wildman–Crippen MR) is 125 cm³/mol. The Balaban J connectivity index is 1.43. The molecule has 8 heteroatoms. The van der Waals surface area contributed by atoms with E-state index >= 15 is 0 Å². The Hall–Kier alpha value is -3.78. The van der Waals surface area contributed by atoms with Gasteiger partial charge in [-0.05, 0) is 49.6 Å². The highest BCUT2D eigenvalue weighted by Gasteiger charge is 2.30. The summed E-state index contributed by atoms with van der Waals surface area (Å²) in [6, 6.07) is 18.0. The van der Waals surface area contributed by atoms with Crippen molar-refractivity contribution in [1.29, 1.82) is 0 Å². The molecule has 6 rings (SSSR count). The van der Waals surface area contributed by atoms with Gasteiger partial charge in [-0.15, -0.1) is 0 Å². The molecule has 3 aromatic rings. The van der Waals surface area contributed by atoms with Crippen LogP contribution in [-0.4, -0.2) is 42.1 Å². The van der Waals surface area contributed by atoms with Crippen LogP contribution in [-0.2, 0) is 11.3 Å². The van der Waals surface area contributed by atoms with E-state index in [4.69, 9.17) is 14.9 Å². The minimum absolute atomic E-state index is 0.0487. The fourth-order valence-corrected chi connectivity index (χ4v) is 4.68. The lowest BCUT2D eigenvalue weighted by atomic mass is 10.0. The summed E-state index contributed by atoms with van der Waals surface area (Å²) in [5.41, 5.74) is 3.92. The zero-order valence-corrected chi connectivity index (χ0v) is 18.3. The maximum Gasteiger partial charge on any atom is 0.297 e. The van der Waals surface area contributed by atoms with E-state index in [-0.39, 0.29) is 17.7 Å². The molecule has 0 saturated carbocycles. The van der Waals surface area contributed by atoms with Crippen LogP contribution in [0.5, 0.6) is 0 Å². The molecule has 166 valence electrons. The molecule has 1 aromatic heterocycles. The zero-order chi connectivity index (χ0) is 22.4. The number of aromatic nitrogens is 6. The van der Waals surface area contributed by atoms with Gasteiger partial charge in [0.2, 0.25) is 0 Å². The molecule has 0 N–H and O–H groups in total. The SMILES string of the molecule is CC1OCCCC1n1nc2c3ccccc3n(Cc3ccc(-n4cccn4)cc3)nc-2c1=O. The average molecular weight is 441 g/mol. The van der Waals surface area contributed by atoms with E-state index < -0.39 is 0 Å². The summed E-state index contributed by atoms with van der Waals surface area (Å²) in [7, 11) is 0. The second-order valence-corrected chi connectivity index (χ2v) is 8.52. The second-order valence-electron chi connectivity index (χ2n) is 8.52. The monoisotopic (exact) mass is 440 g/mol. The lowest BCUT2D eigenvalue weighted by Crippen LogP contribution is -2.35. The molecular formula is C25H24N6O2. The summed E-state index contributed by atoms with van der Waals surface area (Å²) in [6.45, 7) is 3.28. The van der Waals surface area contributed by atoms with Crippen molar-refractivity contribution in [2.45, 2.75) is 38.5 Å². The van der Waals surface area contributed by atoms with Crippen LogP contribution in [0.25, 0.3) is 28.0 Å². The standard InChI is InChI=1S/C25H24N6O2/c1-17-21(8-4-15-33-17)31-25(32)24-23(28-31)20-6-2-3-7-22(20)30(27-24)16-18-9-11-19(12-10-18)29-14-5-13-26-29/h2-3,5-7,9-14,17,21H,4,8,15-16H2,1H3. The fourth-order valence-electron chi connectivity index (χ4n) is 4.68. The summed E-state index contributed by atoms with van der Waals surface area (Å²) >= 11 is 0. The van der Waals surface area contributed by atoms with Crippen molar-refractivity contribution in [3.8, 4) is 17.1 Å². The van der Waals surface area contributed by atoms with Crippen LogP contribution in [0.1, 0.15) is 31.4 Å². The Morgan fingerprint density at radius 2 is 1.88 bits per heavy atom. The summed E-state index contributed by atoms with van der Waals surface area (Å²) in [4.78, 5) is 13.4. The van der Waals surface area contributed by atoms with Crippen LogP contribution in [0.4, 0.5) is 0 Å². The van der Waals surface area contributed by atoms with Crippen LogP contribution in [0.15, 0.2) is 71.8 Å². The molecule has 1 saturated heterocycles. The van der Waals surface area contributed by atoms with Crippen LogP contribution in [0.3, 0.4) is 0 Å². The third-order valence-corrected chi connectivity index (χ3v) is 6.42. The molecule has 0 bridgehead atoms.